The number of hydrogen-bond donors (Lipinski definition) is 1. The van der Waals surface area contributed by atoms with E-state index in [1.165, 1.54) is 6.42 Å². The van der Waals surface area contributed by atoms with Crippen LogP contribution in [0.4, 0.5) is 5.82 Å². The molecule has 1 aromatic carbocycles. The molecular formula is C19H23N3O3S. The van der Waals surface area contributed by atoms with Gasteiger partial charge >= 0.3 is 0 Å². The molecular weight excluding hydrogens is 350 g/mol. The van der Waals surface area contributed by atoms with Crippen molar-refractivity contribution in [1.82, 2.24) is 10.2 Å². The summed E-state index contributed by atoms with van der Waals surface area (Å²) in [4.78, 5) is 14.5. The van der Waals surface area contributed by atoms with Gasteiger partial charge in [-0.15, -0.1) is 0 Å². The number of benzene rings is 1. The van der Waals surface area contributed by atoms with Gasteiger partial charge < -0.3 is 9.47 Å². The molecule has 0 radical (unpaired) electrons. The molecule has 0 aliphatic carbocycles. The minimum absolute atomic E-state index is 0.0839. The van der Waals surface area contributed by atoms with E-state index in [1.54, 1.807) is 37.5 Å². The van der Waals surface area contributed by atoms with Crippen molar-refractivity contribution in [2.45, 2.75) is 18.1 Å². The number of H-pyrrole nitrogens is 1. The van der Waals surface area contributed by atoms with E-state index in [1.807, 2.05) is 36.0 Å². The average molecular weight is 373 g/mol. The Morgan fingerprint density at radius 3 is 2.85 bits per heavy atom. The number of carbonyl (C=O) groups excluding carboxylic acids is 1. The maximum atomic E-state index is 12.8. The first kappa shape index (κ1) is 18.4. The van der Waals surface area contributed by atoms with Crippen LogP contribution in [0.25, 0.3) is 6.08 Å². The molecule has 1 aliphatic rings. The summed E-state index contributed by atoms with van der Waals surface area (Å²) in [5.41, 5.74) is 0.869. The molecule has 6 nitrogen and oxygen atoms in total. The fourth-order valence-corrected chi connectivity index (χ4v) is 4.16. The Hall–Kier alpha value is -2.41. The number of thioether (sulfide) groups is 1. The molecule has 1 amide bonds. The van der Waals surface area contributed by atoms with Crippen LogP contribution in [0.1, 0.15) is 18.4 Å². The van der Waals surface area contributed by atoms with Crippen LogP contribution in [0.5, 0.6) is 11.5 Å². The smallest absolute Gasteiger partial charge is 0.252 e. The quantitative estimate of drug-likeness (QED) is 0.754. The third-order valence-electron chi connectivity index (χ3n) is 4.26. The van der Waals surface area contributed by atoms with Gasteiger partial charge in [-0.3, -0.25) is 14.8 Å². The standard InChI is InChI=1S/C19H23N3O3S/c1-24-16-7-5-14(12-17(16)25-2)6-8-19(23)22(18-9-10-20-21-18)13-15-4-3-11-26-15/h5-10,12,15H,3-4,11,13H2,1-2H3,(H,20,21)/b8-6+. The zero-order chi connectivity index (χ0) is 18.4. The van der Waals surface area contributed by atoms with Crippen molar-refractivity contribution in [2.75, 3.05) is 31.4 Å². The van der Waals surface area contributed by atoms with E-state index in [-0.39, 0.29) is 5.91 Å². The zero-order valence-corrected chi connectivity index (χ0v) is 15.8. The highest BCUT2D eigenvalue weighted by molar-refractivity contribution is 8.00. The van der Waals surface area contributed by atoms with E-state index >= 15 is 0 Å². The lowest BCUT2D eigenvalue weighted by molar-refractivity contribution is -0.114. The third-order valence-corrected chi connectivity index (χ3v) is 5.65. The highest BCUT2D eigenvalue weighted by Gasteiger charge is 2.23. The molecule has 0 spiro atoms. The molecule has 1 aromatic heterocycles. The number of anilines is 1. The van der Waals surface area contributed by atoms with Gasteiger partial charge in [-0.05, 0) is 42.4 Å². The molecule has 1 aliphatic heterocycles. The number of nitrogens with one attached hydrogen (secondary N) is 1. The first-order valence-corrected chi connectivity index (χ1v) is 9.59. The number of hydrogen-bond acceptors (Lipinski definition) is 5. The number of aromatic amines is 1. The fourth-order valence-electron chi connectivity index (χ4n) is 2.91. The second-order valence-corrected chi connectivity index (χ2v) is 7.37. The van der Waals surface area contributed by atoms with Gasteiger partial charge in [0.05, 0.1) is 14.2 Å². The molecule has 1 N–H and O–H groups in total. The van der Waals surface area contributed by atoms with E-state index in [2.05, 4.69) is 10.2 Å². The maximum absolute atomic E-state index is 12.8. The Labute approximate surface area is 157 Å². The summed E-state index contributed by atoms with van der Waals surface area (Å²) in [5.74, 6) is 3.02. The third kappa shape index (κ3) is 4.40. The number of carbonyl (C=O) groups is 1. The number of nitrogens with zero attached hydrogens (tertiary/aromatic N) is 2. The van der Waals surface area contributed by atoms with E-state index in [0.717, 1.165) is 17.7 Å². The number of amides is 1. The van der Waals surface area contributed by atoms with Crippen molar-refractivity contribution in [3.05, 3.63) is 42.1 Å². The van der Waals surface area contributed by atoms with Gasteiger partial charge in [0.1, 0.15) is 0 Å². The lowest BCUT2D eigenvalue weighted by atomic mass is 10.2. The van der Waals surface area contributed by atoms with Crippen molar-refractivity contribution < 1.29 is 14.3 Å². The molecule has 1 unspecified atom stereocenters. The minimum atomic E-state index is -0.0839. The molecule has 1 fully saturated rings. The SMILES string of the molecule is COc1ccc(/C=C/C(=O)N(CC2CCCS2)c2cc[nH]n2)cc1OC. The van der Waals surface area contributed by atoms with Crippen LogP contribution in [-0.2, 0) is 4.79 Å². The summed E-state index contributed by atoms with van der Waals surface area (Å²) < 4.78 is 10.5. The maximum Gasteiger partial charge on any atom is 0.252 e. The van der Waals surface area contributed by atoms with E-state index in [4.69, 9.17) is 9.47 Å². The molecule has 1 saturated heterocycles. The van der Waals surface area contributed by atoms with Gasteiger partial charge in [-0.1, -0.05) is 6.07 Å². The molecule has 1 atom stereocenters. The molecule has 2 aromatic rings. The normalized spacial score (nSPS) is 16.8. The molecule has 0 bridgehead atoms. The van der Waals surface area contributed by atoms with Gasteiger partial charge in [0.2, 0.25) is 0 Å². The molecule has 2 heterocycles. The van der Waals surface area contributed by atoms with Gasteiger partial charge in [0, 0.05) is 30.1 Å². The van der Waals surface area contributed by atoms with Crippen LogP contribution in [0.3, 0.4) is 0 Å². The molecule has 26 heavy (non-hydrogen) atoms. The van der Waals surface area contributed by atoms with Crippen LogP contribution in [0, 0.1) is 0 Å². The first-order chi connectivity index (χ1) is 12.7. The van der Waals surface area contributed by atoms with Gasteiger partial charge in [0.25, 0.3) is 5.91 Å². The summed E-state index contributed by atoms with van der Waals surface area (Å²) in [6.45, 7) is 0.671. The molecule has 3 rings (SSSR count). The Kier molecular flexibility index (Phi) is 6.22. The number of rotatable bonds is 7. The fraction of sp³-hybridized carbons (Fsp3) is 0.368. The Morgan fingerprint density at radius 1 is 1.35 bits per heavy atom. The van der Waals surface area contributed by atoms with Crippen LogP contribution >= 0.6 is 11.8 Å². The largest absolute Gasteiger partial charge is 0.493 e. The van der Waals surface area contributed by atoms with Crippen molar-refractivity contribution in [1.29, 1.82) is 0 Å². The predicted molar refractivity (Wildman–Crippen MR) is 105 cm³/mol. The summed E-state index contributed by atoms with van der Waals surface area (Å²) in [6, 6.07) is 7.37. The first-order valence-electron chi connectivity index (χ1n) is 8.54. The summed E-state index contributed by atoms with van der Waals surface area (Å²) in [6.07, 6.45) is 7.44. The topological polar surface area (TPSA) is 67.5 Å². The summed E-state index contributed by atoms with van der Waals surface area (Å²) in [5, 5.41) is 7.43. The van der Waals surface area contributed by atoms with Gasteiger partial charge in [0.15, 0.2) is 17.3 Å². The average Bonchev–Trinajstić information content (AvgIpc) is 3.37. The van der Waals surface area contributed by atoms with Crippen LogP contribution < -0.4 is 14.4 Å². The van der Waals surface area contributed by atoms with Gasteiger partial charge in [-0.2, -0.15) is 16.9 Å². The number of aromatic nitrogens is 2. The lowest BCUT2D eigenvalue weighted by Crippen LogP contribution is -2.35. The summed E-state index contributed by atoms with van der Waals surface area (Å²) >= 11 is 1.92. The van der Waals surface area contributed by atoms with Crippen molar-refractivity contribution >= 4 is 29.6 Å². The Balaban J connectivity index is 1.75. The summed E-state index contributed by atoms with van der Waals surface area (Å²) in [7, 11) is 3.19. The van der Waals surface area contributed by atoms with Crippen molar-refractivity contribution in [3.63, 3.8) is 0 Å². The second kappa shape index (κ2) is 8.80. The van der Waals surface area contributed by atoms with E-state index in [0.29, 0.717) is 29.1 Å². The van der Waals surface area contributed by atoms with E-state index in [9.17, 15) is 4.79 Å². The monoisotopic (exact) mass is 373 g/mol. The van der Waals surface area contributed by atoms with Crippen molar-refractivity contribution in [2.24, 2.45) is 0 Å². The number of ether oxygens (including phenoxy) is 2. The molecule has 0 saturated carbocycles. The lowest BCUT2D eigenvalue weighted by Gasteiger charge is -2.21. The highest BCUT2D eigenvalue weighted by Crippen LogP contribution is 2.29. The van der Waals surface area contributed by atoms with Crippen molar-refractivity contribution in [3.8, 4) is 11.5 Å². The minimum Gasteiger partial charge on any atom is -0.493 e. The Morgan fingerprint density at radius 2 is 2.19 bits per heavy atom. The predicted octanol–water partition coefficient (Wildman–Crippen LogP) is 3.37. The van der Waals surface area contributed by atoms with Crippen LogP contribution in [0.15, 0.2) is 36.5 Å². The van der Waals surface area contributed by atoms with Crippen LogP contribution in [0.2, 0.25) is 0 Å². The molecule has 138 valence electrons. The van der Waals surface area contributed by atoms with E-state index < -0.39 is 0 Å². The highest BCUT2D eigenvalue weighted by atomic mass is 32.2. The van der Waals surface area contributed by atoms with Gasteiger partial charge in [-0.25, -0.2) is 0 Å². The zero-order valence-electron chi connectivity index (χ0n) is 15.0. The second-order valence-electron chi connectivity index (χ2n) is 5.96. The molecule has 7 heteroatoms. The number of methoxy groups -OCH3 is 2. The Bertz CT molecular complexity index is 755. The van der Waals surface area contributed by atoms with Crippen LogP contribution in [-0.4, -0.2) is 47.9 Å².